The molecule has 0 atom stereocenters. The quantitative estimate of drug-likeness (QED) is 0.303. The summed E-state index contributed by atoms with van der Waals surface area (Å²) < 4.78 is 17.1. The maximum Gasteiger partial charge on any atom is 0.340 e. The van der Waals surface area contributed by atoms with Crippen LogP contribution >= 0.6 is 0 Å². The van der Waals surface area contributed by atoms with Gasteiger partial charge in [-0.2, -0.15) is 0 Å². The van der Waals surface area contributed by atoms with Crippen LogP contribution < -0.4 is 0 Å². The molecule has 0 saturated heterocycles. The molecule has 66 valence electrons. The molecule has 0 bridgehead atoms. The maximum absolute atomic E-state index is 12.8. The number of carbonyl (C=O) groups is 1. The van der Waals surface area contributed by atoms with Crippen molar-refractivity contribution in [2.24, 2.45) is 0 Å². The van der Waals surface area contributed by atoms with E-state index in [-0.39, 0.29) is 5.57 Å². The number of carbonyl (C=O) groups excluding carboxylic acids is 1. The summed E-state index contributed by atoms with van der Waals surface area (Å²) in [5.74, 6) is -1.47. The number of hydrogen-bond acceptors (Lipinski definition) is 3. The second-order valence-electron chi connectivity index (χ2n) is 1.88. The molecule has 0 aromatic carbocycles. The molecule has 0 aromatic rings. The minimum absolute atomic E-state index is 0.241. The van der Waals surface area contributed by atoms with Gasteiger partial charge in [0.05, 0.1) is 12.7 Å². The van der Waals surface area contributed by atoms with Crippen LogP contribution in [0.3, 0.4) is 0 Å². The van der Waals surface area contributed by atoms with E-state index >= 15 is 0 Å². The number of methoxy groups -OCH3 is 1. The van der Waals surface area contributed by atoms with Crippen LogP contribution in [0, 0.1) is 5.41 Å². The largest absolute Gasteiger partial charge is 0.465 e. The molecule has 4 heteroatoms. The predicted molar refractivity (Wildman–Crippen MR) is 43.7 cm³/mol. The van der Waals surface area contributed by atoms with E-state index in [1.807, 2.05) is 0 Å². The highest BCUT2D eigenvalue weighted by atomic mass is 19.1. The molecule has 0 spiro atoms. The Morgan fingerprint density at radius 2 is 2.17 bits per heavy atom. The lowest BCUT2D eigenvalue weighted by Crippen LogP contribution is -2.05. The van der Waals surface area contributed by atoms with Crippen molar-refractivity contribution in [3.8, 4) is 0 Å². The van der Waals surface area contributed by atoms with Crippen LogP contribution in [0.25, 0.3) is 0 Å². The molecule has 0 amide bonds. The molecule has 3 nitrogen and oxygen atoms in total. The molecule has 0 rings (SSSR count). The van der Waals surface area contributed by atoms with Crippen LogP contribution in [0.4, 0.5) is 4.39 Å². The summed E-state index contributed by atoms with van der Waals surface area (Å²) in [6.07, 6.45) is 3.00. The van der Waals surface area contributed by atoms with Crippen molar-refractivity contribution in [1.29, 1.82) is 5.41 Å². The summed E-state index contributed by atoms with van der Waals surface area (Å²) in [7, 11) is 1.16. The average Bonchev–Trinajstić information content (AvgIpc) is 2.11. The Kier molecular flexibility index (Phi) is 4.60. The Labute approximate surface area is 70.0 Å². The van der Waals surface area contributed by atoms with Crippen LogP contribution in [-0.2, 0) is 9.53 Å². The van der Waals surface area contributed by atoms with Gasteiger partial charge in [0.1, 0.15) is 5.83 Å². The van der Waals surface area contributed by atoms with Crippen LogP contribution in [0.1, 0.15) is 6.92 Å². The van der Waals surface area contributed by atoms with E-state index < -0.39 is 11.8 Å². The first-order chi connectivity index (χ1) is 5.67. The standard InChI is InChI=1S/C8H10FNO2/c1-3-7(9)6(4-5-10)8(11)12-2/h3-5,10H,1-2H3/b6-4+,7-3+,10-5?. The van der Waals surface area contributed by atoms with Crippen molar-refractivity contribution < 1.29 is 13.9 Å². The van der Waals surface area contributed by atoms with Gasteiger partial charge in [-0.1, -0.05) is 6.08 Å². The monoisotopic (exact) mass is 171 g/mol. The van der Waals surface area contributed by atoms with E-state index in [0.717, 1.165) is 25.5 Å². The normalized spacial score (nSPS) is 12.6. The fraction of sp³-hybridized carbons (Fsp3) is 0.250. The molecule has 0 aromatic heterocycles. The number of hydrogen-bond donors (Lipinski definition) is 1. The Morgan fingerprint density at radius 3 is 2.50 bits per heavy atom. The molecule has 0 saturated carbocycles. The first kappa shape index (κ1) is 10.6. The highest BCUT2D eigenvalue weighted by molar-refractivity contribution is 5.96. The van der Waals surface area contributed by atoms with Gasteiger partial charge in [0.2, 0.25) is 0 Å². The van der Waals surface area contributed by atoms with Crippen molar-refractivity contribution >= 4 is 12.2 Å². The van der Waals surface area contributed by atoms with Gasteiger partial charge in [0.25, 0.3) is 0 Å². The molecule has 0 heterocycles. The van der Waals surface area contributed by atoms with E-state index in [2.05, 4.69) is 4.74 Å². The zero-order valence-corrected chi connectivity index (χ0v) is 6.93. The van der Waals surface area contributed by atoms with E-state index in [1.165, 1.54) is 6.92 Å². The smallest absolute Gasteiger partial charge is 0.340 e. The van der Waals surface area contributed by atoms with Gasteiger partial charge in [-0.25, -0.2) is 9.18 Å². The lowest BCUT2D eigenvalue weighted by atomic mass is 10.2. The van der Waals surface area contributed by atoms with Crippen LogP contribution in [0.15, 0.2) is 23.6 Å². The first-order valence-corrected chi connectivity index (χ1v) is 3.28. The SMILES string of the molecule is C/C=C(F)\C(=C/C=N)C(=O)OC. The molecule has 0 aliphatic rings. The van der Waals surface area contributed by atoms with E-state index in [4.69, 9.17) is 5.41 Å². The number of rotatable bonds is 3. The number of allylic oxidation sites excluding steroid dienone is 2. The first-order valence-electron chi connectivity index (χ1n) is 3.28. The summed E-state index contributed by atoms with van der Waals surface area (Å²) in [6, 6.07) is 0. The van der Waals surface area contributed by atoms with Crippen LogP contribution in [0.2, 0.25) is 0 Å². The fourth-order valence-corrected chi connectivity index (χ4v) is 0.594. The topological polar surface area (TPSA) is 50.2 Å². The highest BCUT2D eigenvalue weighted by Crippen LogP contribution is 2.11. The molecule has 12 heavy (non-hydrogen) atoms. The van der Waals surface area contributed by atoms with E-state index in [0.29, 0.717) is 0 Å². The van der Waals surface area contributed by atoms with Gasteiger partial charge in [-0.3, -0.25) is 0 Å². The van der Waals surface area contributed by atoms with Crippen LogP contribution in [0.5, 0.6) is 0 Å². The van der Waals surface area contributed by atoms with Crippen molar-refractivity contribution in [2.45, 2.75) is 6.92 Å². The van der Waals surface area contributed by atoms with Gasteiger partial charge >= 0.3 is 5.97 Å². The third-order valence-electron chi connectivity index (χ3n) is 1.17. The molecule has 0 fully saturated rings. The molecule has 0 aliphatic heterocycles. The van der Waals surface area contributed by atoms with Gasteiger partial charge in [-0.05, 0) is 13.0 Å². The van der Waals surface area contributed by atoms with Gasteiger partial charge < -0.3 is 10.1 Å². The van der Waals surface area contributed by atoms with Gasteiger partial charge in [0, 0.05) is 6.21 Å². The third-order valence-corrected chi connectivity index (χ3v) is 1.17. The number of esters is 1. The Bertz CT molecular complexity index is 243. The Morgan fingerprint density at radius 1 is 1.58 bits per heavy atom. The summed E-state index contributed by atoms with van der Waals surface area (Å²) in [5.41, 5.74) is -0.241. The predicted octanol–water partition coefficient (Wildman–Crippen LogP) is 1.61. The van der Waals surface area contributed by atoms with Gasteiger partial charge in [0.15, 0.2) is 0 Å². The summed E-state index contributed by atoms with van der Waals surface area (Å²) >= 11 is 0. The second kappa shape index (κ2) is 5.23. The number of halogens is 1. The molecule has 0 radical (unpaired) electrons. The average molecular weight is 171 g/mol. The fourth-order valence-electron chi connectivity index (χ4n) is 0.594. The van der Waals surface area contributed by atoms with Crippen LogP contribution in [-0.4, -0.2) is 19.3 Å². The molecular formula is C8H10FNO2. The second-order valence-corrected chi connectivity index (χ2v) is 1.88. The highest BCUT2D eigenvalue weighted by Gasteiger charge is 2.12. The molecular weight excluding hydrogens is 161 g/mol. The Hall–Kier alpha value is -1.45. The number of ether oxygens (including phenoxy) is 1. The third kappa shape index (κ3) is 2.65. The number of nitrogens with one attached hydrogen (secondary N) is 1. The molecule has 0 aliphatic carbocycles. The molecule has 1 N–H and O–H groups in total. The minimum atomic E-state index is -0.783. The summed E-state index contributed by atoms with van der Waals surface area (Å²) in [4.78, 5) is 10.8. The summed E-state index contributed by atoms with van der Waals surface area (Å²) in [5, 5.41) is 6.67. The van der Waals surface area contributed by atoms with Crippen molar-refractivity contribution in [3.63, 3.8) is 0 Å². The van der Waals surface area contributed by atoms with Gasteiger partial charge in [-0.15, -0.1) is 0 Å². The van der Waals surface area contributed by atoms with Crippen molar-refractivity contribution in [3.05, 3.63) is 23.6 Å². The minimum Gasteiger partial charge on any atom is -0.465 e. The van der Waals surface area contributed by atoms with Crippen molar-refractivity contribution in [1.82, 2.24) is 0 Å². The molecule has 0 unspecified atom stereocenters. The lowest BCUT2D eigenvalue weighted by Gasteiger charge is -1.99. The zero-order chi connectivity index (χ0) is 9.56. The van der Waals surface area contributed by atoms with E-state index in [9.17, 15) is 9.18 Å². The maximum atomic E-state index is 12.8. The Balaban J connectivity index is 4.80. The summed E-state index contributed by atoms with van der Waals surface area (Å²) in [6.45, 7) is 1.45. The lowest BCUT2D eigenvalue weighted by molar-refractivity contribution is -0.135. The van der Waals surface area contributed by atoms with E-state index in [1.54, 1.807) is 0 Å². The van der Waals surface area contributed by atoms with Crippen molar-refractivity contribution in [2.75, 3.05) is 7.11 Å². The zero-order valence-electron chi connectivity index (χ0n) is 6.93.